The molecule has 1 heterocycles. The maximum absolute atomic E-state index is 4.03. The van der Waals surface area contributed by atoms with Gasteiger partial charge in [0, 0.05) is 6.20 Å². The van der Waals surface area contributed by atoms with Crippen LogP contribution in [0, 0.1) is 6.92 Å². The molecule has 0 saturated heterocycles. The van der Waals surface area contributed by atoms with Crippen molar-refractivity contribution in [2.45, 2.75) is 11.4 Å². The number of thioether (sulfide) groups is 1. The highest BCUT2D eigenvalue weighted by atomic mass is 32.2. The van der Waals surface area contributed by atoms with E-state index in [0.717, 1.165) is 17.2 Å². The standard InChI is InChI=1S/C6H9N2S/c1-2-3-9-6-4-7-5-8-6/h4-5H,1-3H2,(H,7,8). The number of hydrogen-bond acceptors (Lipinski definition) is 2. The van der Waals surface area contributed by atoms with E-state index in [4.69, 9.17) is 0 Å². The highest BCUT2D eigenvalue weighted by molar-refractivity contribution is 7.99. The van der Waals surface area contributed by atoms with Gasteiger partial charge in [-0.1, -0.05) is 6.92 Å². The molecule has 0 aliphatic rings. The van der Waals surface area contributed by atoms with Crippen molar-refractivity contribution in [1.82, 2.24) is 9.97 Å². The van der Waals surface area contributed by atoms with Gasteiger partial charge in [-0.3, -0.25) is 0 Å². The smallest absolute Gasteiger partial charge is 0.114 e. The van der Waals surface area contributed by atoms with E-state index in [1.807, 2.05) is 6.20 Å². The molecule has 0 spiro atoms. The van der Waals surface area contributed by atoms with Crippen LogP contribution in [-0.4, -0.2) is 15.7 Å². The first-order chi connectivity index (χ1) is 4.43. The van der Waals surface area contributed by atoms with Gasteiger partial charge in [-0.05, 0) is 12.2 Å². The summed E-state index contributed by atoms with van der Waals surface area (Å²) in [5.41, 5.74) is 0. The molecule has 0 unspecified atom stereocenters. The van der Waals surface area contributed by atoms with E-state index in [9.17, 15) is 0 Å². The van der Waals surface area contributed by atoms with Crippen molar-refractivity contribution in [3.63, 3.8) is 0 Å². The average Bonchev–Trinajstić information content (AvgIpc) is 2.34. The third-order valence-corrected chi connectivity index (χ3v) is 1.88. The lowest BCUT2D eigenvalue weighted by atomic mass is 10.6. The van der Waals surface area contributed by atoms with Crippen LogP contribution in [0.2, 0.25) is 0 Å². The Hall–Kier alpha value is -0.440. The van der Waals surface area contributed by atoms with Crippen molar-refractivity contribution in [3.05, 3.63) is 19.4 Å². The van der Waals surface area contributed by atoms with Crippen LogP contribution in [0.4, 0.5) is 0 Å². The van der Waals surface area contributed by atoms with Crippen LogP contribution in [0.3, 0.4) is 0 Å². The van der Waals surface area contributed by atoms with E-state index in [2.05, 4.69) is 16.9 Å². The van der Waals surface area contributed by atoms with Crippen molar-refractivity contribution in [3.8, 4) is 0 Å². The maximum Gasteiger partial charge on any atom is 0.114 e. The molecule has 0 saturated carbocycles. The monoisotopic (exact) mass is 141 g/mol. The molecule has 1 rings (SSSR count). The highest BCUT2D eigenvalue weighted by Crippen LogP contribution is 2.13. The zero-order valence-electron chi connectivity index (χ0n) is 5.13. The summed E-state index contributed by atoms with van der Waals surface area (Å²) in [6.45, 7) is 3.73. The molecule has 1 radical (unpaired) electrons. The molecule has 1 aromatic heterocycles. The van der Waals surface area contributed by atoms with Crippen LogP contribution >= 0.6 is 11.8 Å². The number of imidazole rings is 1. The molecule has 1 aromatic rings. The van der Waals surface area contributed by atoms with Gasteiger partial charge in [0.2, 0.25) is 0 Å². The van der Waals surface area contributed by atoms with Gasteiger partial charge in [0.1, 0.15) is 5.03 Å². The van der Waals surface area contributed by atoms with Crippen molar-refractivity contribution in [1.29, 1.82) is 0 Å². The molecule has 0 aromatic carbocycles. The van der Waals surface area contributed by atoms with Gasteiger partial charge in [-0.25, -0.2) is 4.98 Å². The normalized spacial score (nSPS) is 9.89. The minimum Gasteiger partial charge on any atom is -0.350 e. The molecule has 49 valence electrons. The Morgan fingerprint density at radius 2 is 2.67 bits per heavy atom. The van der Waals surface area contributed by atoms with Gasteiger partial charge in [-0.2, -0.15) is 0 Å². The largest absolute Gasteiger partial charge is 0.350 e. The van der Waals surface area contributed by atoms with Crippen LogP contribution in [0.15, 0.2) is 17.6 Å². The summed E-state index contributed by atoms with van der Waals surface area (Å²) in [5.74, 6) is 1.05. The molecule has 3 heteroatoms. The van der Waals surface area contributed by atoms with Crippen molar-refractivity contribution in [2.75, 3.05) is 5.75 Å². The second-order valence-corrected chi connectivity index (χ2v) is 2.72. The van der Waals surface area contributed by atoms with E-state index in [0.29, 0.717) is 0 Å². The Morgan fingerprint density at radius 3 is 3.22 bits per heavy atom. The molecule has 2 nitrogen and oxygen atoms in total. The maximum atomic E-state index is 4.03. The van der Waals surface area contributed by atoms with Crippen LogP contribution < -0.4 is 0 Å². The Morgan fingerprint density at radius 1 is 1.78 bits per heavy atom. The van der Waals surface area contributed by atoms with Crippen molar-refractivity contribution >= 4 is 11.8 Å². The quantitative estimate of drug-likeness (QED) is 0.649. The SMILES string of the molecule is [CH2]CCSc1c[nH]cn1. The van der Waals surface area contributed by atoms with Crippen LogP contribution in [0.1, 0.15) is 6.42 Å². The van der Waals surface area contributed by atoms with Gasteiger partial charge in [0.15, 0.2) is 0 Å². The second kappa shape index (κ2) is 3.56. The fourth-order valence-electron chi connectivity index (χ4n) is 0.502. The molecule has 0 bridgehead atoms. The molecule has 0 aliphatic carbocycles. The second-order valence-electron chi connectivity index (χ2n) is 1.61. The number of aromatic amines is 1. The lowest BCUT2D eigenvalue weighted by Crippen LogP contribution is -1.73. The molecule has 0 amide bonds. The summed E-state index contributed by atoms with van der Waals surface area (Å²) >= 11 is 1.72. The van der Waals surface area contributed by atoms with Crippen LogP contribution in [-0.2, 0) is 0 Å². The van der Waals surface area contributed by atoms with Gasteiger partial charge >= 0.3 is 0 Å². The first-order valence-electron chi connectivity index (χ1n) is 2.84. The van der Waals surface area contributed by atoms with Crippen LogP contribution in [0.5, 0.6) is 0 Å². The highest BCUT2D eigenvalue weighted by Gasteiger charge is 1.90. The molecular formula is C6H9N2S. The predicted octanol–water partition coefficient (Wildman–Crippen LogP) is 1.73. The molecule has 0 atom stereocenters. The minimum absolute atomic E-state index is 0.956. The van der Waals surface area contributed by atoms with E-state index in [-0.39, 0.29) is 0 Å². The van der Waals surface area contributed by atoms with E-state index >= 15 is 0 Å². The summed E-state index contributed by atoms with van der Waals surface area (Å²) in [4.78, 5) is 6.92. The Bertz CT molecular complexity index is 148. The zero-order valence-corrected chi connectivity index (χ0v) is 5.95. The third kappa shape index (κ3) is 2.10. The molecular weight excluding hydrogens is 132 g/mol. The lowest BCUT2D eigenvalue weighted by molar-refractivity contribution is 1.18. The summed E-state index contributed by atoms with van der Waals surface area (Å²) in [6.07, 6.45) is 4.53. The van der Waals surface area contributed by atoms with Gasteiger partial charge in [-0.15, -0.1) is 11.8 Å². The Kier molecular flexibility index (Phi) is 2.64. The van der Waals surface area contributed by atoms with E-state index < -0.39 is 0 Å². The molecule has 1 N–H and O–H groups in total. The van der Waals surface area contributed by atoms with E-state index in [1.54, 1.807) is 18.1 Å². The summed E-state index contributed by atoms with van der Waals surface area (Å²) in [5, 5.41) is 1.05. The summed E-state index contributed by atoms with van der Waals surface area (Å²) < 4.78 is 0. The van der Waals surface area contributed by atoms with Gasteiger partial charge in [0.05, 0.1) is 6.33 Å². The van der Waals surface area contributed by atoms with Gasteiger partial charge in [0.25, 0.3) is 0 Å². The average molecular weight is 141 g/mol. The first-order valence-corrected chi connectivity index (χ1v) is 3.83. The van der Waals surface area contributed by atoms with Crippen LogP contribution in [0.25, 0.3) is 0 Å². The van der Waals surface area contributed by atoms with Crippen molar-refractivity contribution < 1.29 is 0 Å². The molecule has 0 aliphatic heterocycles. The third-order valence-electron chi connectivity index (χ3n) is 0.867. The fourth-order valence-corrected chi connectivity index (χ4v) is 1.13. The zero-order chi connectivity index (χ0) is 6.53. The number of nitrogens with zero attached hydrogens (tertiary/aromatic N) is 1. The van der Waals surface area contributed by atoms with E-state index in [1.165, 1.54) is 0 Å². The summed E-state index contributed by atoms with van der Waals surface area (Å²) in [6, 6.07) is 0. The molecule has 0 fully saturated rings. The number of nitrogens with one attached hydrogen (secondary N) is 1. The predicted molar refractivity (Wildman–Crippen MR) is 39.3 cm³/mol. The van der Waals surface area contributed by atoms with Gasteiger partial charge < -0.3 is 4.98 Å². The fraction of sp³-hybridized carbons (Fsp3) is 0.333. The minimum atomic E-state index is 0.956. The van der Waals surface area contributed by atoms with Crippen molar-refractivity contribution in [2.24, 2.45) is 0 Å². The Labute approximate surface area is 59.1 Å². The topological polar surface area (TPSA) is 28.7 Å². The summed E-state index contributed by atoms with van der Waals surface area (Å²) in [7, 11) is 0. The number of aromatic nitrogens is 2. The Balaban J connectivity index is 2.30. The number of H-pyrrole nitrogens is 1. The first kappa shape index (κ1) is 6.68. The lowest BCUT2D eigenvalue weighted by Gasteiger charge is -1.89. The number of rotatable bonds is 3. The molecule has 9 heavy (non-hydrogen) atoms. The number of hydrogen-bond donors (Lipinski definition) is 1.